The third-order valence-corrected chi connectivity index (χ3v) is 3.51. The maximum Gasteiger partial charge on any atom is 0.417 e. The largest absolute Gasteiger partial charge is 0.417 e. The van der Waals surface area contributed by atoms with Gasteiger partial charge >= 0.3 is 18.4 Å². The van der Waals surface area contributed by atoms with E-state index in [9.17, 15) is 35.9 Å². The summed E-state index contributed by atoms with van der Waals surface area (Å²) in [5.74, 6) is -1.17. The van der Waals surface area contributed by atoms with Gasteiger partial charge in [0.2, 0.25) is 0 Å². The molecule has 5 nitrogen and oxygen atoms in total. The number of nitrogens with one attached hydrogen (secondary N) is 2. The number of carbonyl (C=O) groups is 2. The summed E-state index contributed by atoms with van der Waals surface area (Å²) in [5.41, 5.74) is -4.07. The van der Waals surface area contributed by atoms with Gasteiger partial charge in [0.15, 0.2) is 0 Å². The molecule has 0 aliphatic carbocycles. The predicted molar refractivity (Wildman–Crippen MR) is 73.8 cm³/mol. The molecule has 138 valence electrons. The molecule has 1 aromatic rings. The highest BCUT2D eigenvalue weighted by Gasteiger charge is 2.39. The van der Waals surface area contributed by atoms with Gasteiger partial charge < -0.3 is 15.5 Å². The van der Waals surface area contributed by atoms with Crippen LogP contribution < -0.4 is 10.6 Å². The Morgan fingerprint density at radius 3 is 2.36 bits per heavy atom. The lowest BCUT2D eigenvalue weighted by Gasteiger charge is -2.17. The van der Waals surface area contributed by atoms with Crippen LogP contribution in [0, 0.1) is 0 Å². The van der Waals surface area contributed by atoms with Gasteiger partial charge in [0.25, 0.3) is 5.91 Å². The number of benzene rings is 1. The molecular weight excluding hydrogens is 356 g/mol. The molecule has 1 aliphatic rings. The topological polar surface area (TPSA) is 61.4 Å². The number of nitrogens with zero attached hydrogens (tertiary/aromatic N) is 1. The molecule has 1 heterocycles. The lowest BCUT2D eigenvalue weighted by molar-refractivity contribution is -0.143. The molecule has 3 amide bonds. The van der Waals surface area contributed by atoms with E-state index in [0.29, 0.717) is 25.2 Å². The van der Waals surface area contributed by atoms with E-state index in [1.165, 1.54) is 4.90 Å². The average Bonchev–Trinajstić information content (AvgIpc) is 2.90. The smallest absolute Gasteiger partial charge is 0.350 e. The van der Waals surface area contributed by atoms with Gasteiger partial charge in [0.1, 0.15) is 0 Å². The van der Waals surface area contributed by atoms with Gasteiger partial charge in [-0.1, -0.05) is 0 Å². The Bertz CT molecular complexity index is 672. The number of carbonyl (C=O) groups excluding carboxylic acids is 2. The molecule has 1 aromatic carbocycles. The molecule has 2 rings (SSSR count). The van der Waals surface area contributed by atoms with Crippen molar-refractivity contribution in [3.63, 3.8) is 0 Å². The minimum Gasteiger partial charge on any atom is -0.350 e. The molecule has 2 N–H and O–H groups in total. The number of rotatable bonds is 4. The standard InChI is InChI=1S/C14H13F6N3O2/c15-13(16,17)8-1-2-9(10(7-8)14(18,19)20)11(24)21-3-5-23-6-4-22-12(23)25/h1-2,7H,3-6H2,(H,21,24)(H,22,25). The molecule has 0 spiro atoms. The van der Waals surface area contributed by atoms with Crippen molar-refractivity contribution in [1.82, 2.24) is 15.5 Å². The lowest BCUT2D eigenvalue weighted by Crippen LogP contribution is -2.37. The monoisotopic (exact) mass is 369 g/mol. The number of hydrogen-bond acceptors (Lipinski definition) is 2. The molecule has 0 saturated carbocycles. The van der Waals surface area contributed by atoms with Crippen molar-refractivity contribution >= 4 is 11.9 Å². The van der Waals surface area contributed by atoms with Gasteiger partial charge in [-0.2, -0.15) is 26.3 Å². The van der Waals surface area contributed by atoms with E-state index in [4.69, 9.17) is 0 Å². The molecular formula is C14H13F6N3O2. The fraction of sp³-hybridized carbons (Fsp3) is 0.429. The Labute approximate surface area is 138 Å². The van der Waals surface area contributed by atoms with Crippen LogP contribution >= 0.6 is 0 Å². The summed E-state index contributed by atoms with van der Waals surface area (Å²) in [6, 6.07) is 0.449. The summed E-state index contributed by atoms with van der Waals surface area (Å²) in [4.78, 5) is 24.5. The van der Waals surface area contributed by atoms with E-state index in [1.807, 2.05) is 0 Å². The van der Waals surface area contributed by atoms with E-state index in [-0.39, 0.29) is 25.2 Å². The number of urea groups is 1. The maximum absolute atomic E-state index is 13.0. The van der Waals surface area contributed by atoms with Gasteiger partial charge in [-0.15, -0.1) is 0 Å². The van der Waals surface area contributed by atoms with Gasteiger partial charge in [0.05, 0.1) is 16.7 Å². The van der Waals surface area contributed by atoms with Gasteiger partial charge in [-0.05, 0) is 18.2 Å². The van der Waals surface area contributed by atoms with E-state index >= 15 is 0 Å². The quantitative estimate of drug-likeness (QED) is 0.802. The zero-order valence-electron chi connectivity index (χ0n) is 12.6. The van der Waals surface area contributed by atoms with Crippen LogP contribution in [-0.4, -0.2) is 43.0 Å². The second-order valence-corrected chi connectivity index (χ2v) is 5.23. The van der Waals surface area contributed by atoms with Crippen molar-refractivity contribution in [1.29, 1.82) is 0 Å². The molecule has 11 heteroatoms. The van der Waals surface area contributed by atoms with Crippen molar-refractivity contribution < 1.29 is 35.9 Å². The molecule has 0 aromatic heterocycles. The molecule has 25 heavy (non-hydrogen) atoms. The van der Waals surface area contributed by atoms with Crippen LogP contribution in [0.3, 0.4) is 0 Å². The molecule has 1 aliphatic heterocycles. The Morgan fingerprint density at radius 2 is 1.84 bits per heavy atom. The summed E-state index contributed by atoms with van der Waals surface area (Å²) in [6.45, 7) is 0.747. The SMILES string of the molecule is O=C(NCCN1CCNC1=O)c1ccc(C(F)(F)F)cc1C(F)(F)F. The number of hydrogen-bond donors (Lipinski definition) is 2. The first-order valence-electron chi connectivity index (χ1n) is 7.09. The molecule has 0 atom stereocenters. The number of amides is 3. The van der Waals surface area contributed by atoms with Crippen LogP contribution in [-0.2, 0) is 12.4 Å². The van der Waals surface area contributed by atoms with Gasteiger partial charge in [0, 0.05) is 26.2 Å². The molecule has 1 fully saturated rings. The van der Waals surface area contributed by atoms with E-state index in [0.717, 1.165) is 0 Å². The predicted octanol–water partition coefficient (Wildman–Crippen LogP) is 2.48. The highest BCUT2D eigenvalue weighted by molar-refractivity contribution is 5.96. The molecule has 0 unspecified atom stereocenters. The van der Waals surface area contributed by atoms with Crippen molar-refractivity contribution in [3.05, 3.63) is 34.9 Å². The van der Waals surface area contributed by atoms with Crippen LogP contribution in [0.25, 0.3) is 0 Å². The van der Waals surface area contributed by atoms with Crippen LogP contribution in [0.4, 0.5) is 31.1 Å². The van der Waals surface area contributed by atoms with Crippen LogP contribution in [0.5, 0.6) is 0 Å². The molecule has 0 radical (unpaired) electrons. The van der Waals surface area contributed by atoms with Crippen molar-refractivity contribution in [3.8, 4) is 0 Å². The second-order valence-electron chi connectivity index (χ2n) is 5.23. The summed E-state index contributed by atoms with van der Waals surface area (Å²) in [6.07, 6.45) is -10.1. The zero-order valence-corrected chi connectivity index (χ0v) is 12.6. The minimum atomic E-state index is -5.12. The van der Waals surface area contributed by atoms with E-state index in [2.05, 4.69) is 10.6 Å². The Morgan fingerprint density at radius 1 is 1.16 bits per heavy atom. The summed E-state index contributed by atoms with van der Waals surface area (Å²) in [5, 5.41) is 4.68. The molecule has 0 bridgehead atoms. The lowest BCUT2D eigenvalue weighted by atomic mass is 10.0. The first kappa shape index (κ1) is 18.9. The Kier molecular flexibility index (Phi) is 5.14. The third-order valence-electron chi connectivity index (χ3n) is 3.51. The Balaban J connectivity index is 2.13. The van der Waals surface area contributed by atoms with Gasteiger partial charge in [-0.25, -0.2) is 4.79 Å². The number of halogens is 6. The zero-order chi connectivity index (χ0) is 18.8. The second kappa shape index (κ2) is 6.81. The third kappa shape index (κ3) is 4.54. The highest BCUT2D eigenvalue weighted by atomic mass is 19.4. The minimum absolute atomic E-state index is 0.0690. The van der Waals surface area contributed by atoms with Crippen molar-refractivity contribution in [2.75, 3.05) is 26.2 Å². The fourth-order valence-corrected chi connectivity index (χ4v) is 2.28. The summed E-state index contributed by atoms with van der Waals surface area (Å²) >= 11 is 0. The Hall–Kier alpha value is -2.46. The summed E-state index contributed by atoms with van der Waals surface area (Å²) in [7, 11) is 0. The van der Waals surface area contributed by atoms with Crippen LogP contribution in [0.1, 0.15) is 21.5 Å². The first-order valence-corrected chi connectivity index (χ1v) is 7.09. The maximum atomic E-state index is 13.0. The van der Waals surface area contributed by atoms with E-state index < -0.39 is 35.0 Å². The van der Waals surface area contributed by atoms with Crippen LogP contribution in [0.2, 0.25) is 0 Å². The highest BCUT2D eigenvalue weighted by Crippen LogP contribution is 2.37. The van der Waals surface area contributed by atoms with Gasteiger partial charge in [-0.3, -0.25) is 4.79 Å². The van der Waals surface area contributed by atoms with Crippen molar-refractivity contribution in [2.45, 2.75) is 12.4 Å². The molecule has 1 saturated heterocycles. The van der Waals surface area contributed by atoms with Crippen molar-refractivity contribution in [2.24, 2.45) is 0 Å². The normalized spacial score (nSPS) is 15.3. The average molecular weight is 369 g/mol. The summed E-state index contributed by atoms with van der Waals surface area (Å²) < 4.78 is 76.7. The number of alkyl halides is 6. The van der Waals surface area contributed by atoms with E-state index in [1.54, 1.807) is 0 Å². The van der Waals surface area contributed by atoms with Crippen LogP contribution in [0.15, 0.2) is 18.2 Å². The first-order chi connectivity index (χ1) is 11.5. The fourth-order valence-electron chi connectivity index (χ4n) is 2.28.